The number of Topliss-reactive ketones (excluding diaryl/α,β-unsaturated/α-hetero) is 1. The van der Waals surface area contributed by atoms with E-state index in [1.807, 2.05) is 13.0 Å². The van der Waals surface area contributed by atoms with Gasteiger partial charge in [-0.05, 0) is 31.0 Å². The lowest BCUT2D eigenvalue weighted by molar-refractivity contribution is -0.118. The summed E-state index contributed by atoms with van der Waals surface area (Å²) in [6.45, 7) is 1.85. The fourth-order valence-electron chi connectivity index (χ4n) is 2.55. The number of nitrogens with one attached hydrogen (secondary N) is 1. The average molecular weight is 425 g/mol. The van der Waals surface area contributed by atoms with Crippen molar-refractivity contribution in [3.63, 3.8) is 0 Å². The summed E-state index contributed by atoms with van der Waals surface area (Å²) in [5.41, 5.74) is 1.68. The normalized spacial score (nSPS) is 13.2. The highest BCUT2D eigenvalue weighted by Crippen LogP contribution is 2.46. The van der Waals surface area contributed by atoms with Crippen LogP contribution in [0.5, 0.6) is 0 Å². The third-order valence-electron chi connectivity index (χ3n) is 4.21. The summed E-state index contributed by atoms with van der Waals surface area (Å²) in [5.74, 6) is -0.577. The van der Waals surface area contributed by atoms with Gasteiger partial charge in [-0.15, -0.1) is 0 Å². The number of rotatable bonds is 10. The molecule has 0 amide bonds. The van der Waals surface area contributed by atoms with E-state index in [2.05, 4.69) is 4.72 Å². The van der Waals surface area contributed by atoms with Gasteiger partial charge in [-0.2, -0.15) is 0 Å². The lowest BCUT2D eigenvalue weighted by Gasteiger charge is -2.20. The van der Waals surface area contributed by atoms with E-state index in [1.165, 1.54) is 26.4 Å². The van der Waals surface area contributed by atoms with Crippen molar-refractivity contribution >= 4 is 23.4 Å². The standard InChI is InChI=1S/C19H24NO6PS/c1-15-9-11-17(12-10-15)28(23,24)20-18(13-16-7-5-4-6-8-16)19(21)14-27(22,25-2)26-3/h4-12,18,20H,13-14H2,1-3H3/t18-/m0/s1. The van der Waals surface area contributed by atoms with Crippen LogP contribution >= 0.6 is 7.60 Å². The van der Waals surface area contributed by atoms with Gasteiger partial charge in [0.05, 0.1) is 10.9 Å². The molecule has 0 heterocycles. The molecule has 28 heavy (non-hydrogen) atoms. The van der Waals surface area contributed by atoms with Crippen LogP contribution in [0.2, 0.25) is 0 Å². The van der Waals surface area contributed by atoms with Crippen molar-refractivity contribution in [1.82, 2.24) is 4.72 Å². The van der Waals surface area contributed by atoms with Crippen LogP contribution in [0.1, 0.15) is 11.1 Å². The van der Waals surface area contributed by atoms with E-state index >= 15 is 0 Å². The van der Waals surface area contributed by atoms with Gasteiger partial charge in [0.1, 0.15) is 6.16 Å². The van der Waals surface area contributed by atoms with Crippen molar-refractivity contribution in [2.75, 3.05) is 20.4 Å². The zero-order valence-electron chi connectivity index (χ0n) is 16.0. The molecule has 0 aliphatic heterocycles. The van der Waals surface area contributed by atoms with Crippen LogP contribution in [0.15, 0.2) is 59.5 Å². The van der Waals surface area contributed by atoms with E-state index in [4.69, 9.17) is 9.05 Å². The summed E-state index contributed by atoms with van der Waals surface area (Å²) in [6, 6.07) is 14.1. The maximum Gasteiger partial charge on any atom is 0.337 e. The number of carbonyl (C=O) groups excluding carboxylic acids is 1. The van der Waals surface area contributed by atoms with Crippen LogP contribution in [0, 0.1) is 6.92 Å². The molecule has 0 aliphatic rings. The molecule has 0 radical (unpaired) electrons. The average Bonchev–Trinajstić information content (AvgIpc) is 2.68. The molecular formula is C19H24NO6PS. The molecule has 1 atom stereocenters. The molecule has 7 nitrogen and oxygen atoms in total. The number of hydrogen-bond acceptors (Lipinski definition) is 6. The van der Waals surface area contributed by atoms with E-state index < -0.39 is 35.6 Å². The van der Waals surface area contributed by atoms with Crippen LogP contribution in [0.25, 0.3) is 0 Å². The van der Waals surface area contributed by atoms with Crippen molar-refractivity contribution in [1.29, 1.82) is 0 Å². The summed E-state index contributed by atoms with van der Waals surface area (Å²) in [4.78, 5) is 12.8. The highest BCUT2D eigenvalue weighted by Gasteiger charge is 2.32. The molecule has 0 spiro atoms. The molecule has 0 saturated heterocycles. The Morgan fingerprint density at radius 2 is 1.61 bits per heavy atom. The van der Waals surface area contributed by atoms with E-state index in [0.29, 0.717) is 0 Å². The van der Waals surface area contributed by atoms with Gasteiger partial charge in [0.15, 0.2) is 5.78 Å². The van der Waals surface area contributed by atoms with Crippen LogP contribution in [-0.4, -0.2) is 40.6 Å². The maximum atomic E-state index is 12.8. The third kappa shape index (κ3) is 6.09. The number of aryl methyl sites for hydroxylation is 1. The molecule has 9 heteroatoms. The zero-order chi connectivity index (χ0) is 20.8. The predicted octanol–water partition coefficient (Wildman–Crippen LogP) is 2.94. The molecule has 0 bridgehead atoms. The monoisotopic (exact) mass is 425 g/mol. The van der Waals surface area contributed by atoms with Gasteiger partial charge in [0.25, 0.3) is 0 Å². The number of carbonyl (C=O) groups is 1. The quantitative estimate of drug-likeness (QED) is 0.588. The van der Waals surface area contributed by atoms with Crippen molar-refractivity contribution in [3.8, 4) is 0 Å². The second-order valence-corrected chi connectivity index (χ2v) is 10.3. The first-order valence-corrected chi connectivity index (χ1v) is 11.8. The van der Waals surface area contributed by atoms with Crippen LogP contribution in [-0.2, 0) is 34.9 Å². The van der Waals surface area contributed by atoms with Crippen LogP contribution in [0.3, 0.4) is 0 Å². The molecule has 0 fully saturated rings. The molecule has 0 aliphatic carbocycles. The van der Waals surface area contributed by atoms with Crippen molar-refractivity contribution in [2.24, 2.45) is 0 Å². The Labute approximate surface area is 165 Å². The minimum Gasteiger partial charge on any atom is -0.312 e. The van der Waals surface area contributed by atoms with Gasteiger partial charge in [-0.3, -0.25) is 9.36 Å². The predicted molar refractivity (Wildman–Crippen MR) is 107 cm³/mol. The fraction of sp³-hybridized carbons (Fsp3) is 0.316. The molecule has 2 aromatic carbocycles. The lowest BCUT2D eigenvalue weighted by atomic mass is 10.0. The highest BCUT2D eigenvalue weighted by molar-refractivity contribution is 7.89. The number of ketones is 1. The summed E-state index contributed by atoms with van der Waals surface area (Å²) < 4.78 is 49.9. The Kier molecular flexibility index (Phi) is 7.69. The first kappa shape index (κ1) is 22.5. The molecular weight excluding hydrogens is 401 g/mol. The number of hydrogen-bond donors (Lipinski definition) is 1. The van der Waals surface area contributed by atoms with Gasteiger partial charge < -0.3 is 9.05 Å². The minimum absolute atomic E-state index is 0.0469. The van der Waals surface area contributed by atoms with Gasteiger partial charge in [-0.1, -0.05) is 48.0 Å². The van der Waals surface area contributed by atoms with Gasteiger partial charge >= 0.3 is 7.60 Å². The second kappa shape index (κ2) is 9.58. The van der Waals surface area contributed by atoms with Crippen LogP contribution < -0.4 is 4.72 Å². The zero-order valence-corrected chi connectivity index (χ0v) is 17.7. The summed E-state index contributed by atoms with van der Waals surface area (Å²) in [7, 11) is -5.22. The molecule has 0 unspecified atom stereocenters. The molecule has 2 rings (SSSR count). The van der Waals surface area contributed by atoms with Gasteiger partial charge in [0.2, 0.25) is 10.0 Å². The molecule has 2 aromatic rings. The Balaban J connectivity index is 2.30. The van der Waals surface area contributed by atoms with Gasteiger partial charge in [0, 0.05) is 14.2 Å². The molecule has 1 N–H and O–H groups in total. The Morgan fingerprint density at radius 3 is 2.14 bits per heavy atom. The summed E-state index contributed by atoms with van der Waals surface area (Å²) in [5, 5.41) is 0. The number of sulfonamides is 1. The molecule has 0 saturated carbocycles. The largest absolute Gasteiger partial charge is 0.337 e. The van der Waals surface area contributed by atoms with E-state index in [-0.39, 0.29) is 11.3 Å². The Morgan fingerprint density at radius 1 is 1.04 bits per heavy atom. The molecule has 152 valence electrons. The SMILES string of the molecule is COP(=O)(CC(=O)[C@H](Cc1ccccc1)NS(=O)(=O)c1ccc(C)cc1)OC. The molecule has 0 aromatic heterocycles. The topological polar surface area (TPSA) is 98.8 Å². The Hall–Kier alpha value is -1.83. The fourth-order valence-corrected chi connectivity index (χ4v) is 4.78. The van der Waals surface area contributed by atoms with Crippen molar-refractivity contribution in [2.45, 2.75) is 24.3 Å². The van der Waals surface area contributed by atoms with Crippen LogP contribution in [0.4, 0.5) is 0 Å². The third-order valence-corrected chi connectivity index (χ3v) is 7.51. The maximum absolute atomic E-state index is 12.8. The van der Waals surface area contributed by atoms with E-state index in [9.17, 15) is 17.8 Å². The highest BCUT2D eigenvalue weighted by atomic mass is 32.2. The summed E-state index contributed by atoms with van der Waals surface area (Å²) in [6.07, 6.45) is -0.424. The van der Waals surface area contributed by atoms with Crippen molar-refractivity contribution in [3.05, 3.63) is 65.7 Å². The van der Waals surface area contributed by atoms with Crippen molar-refractivity contribution < 1.29 is 26.8 Å². The summed E-state index contributed by atoms with van der Waals surface area (Å²) >= 11 is 0. The second-order valence-electron chi connectivity index (χ2n) is 6.28. The van der Waals surface area contributed by atoms with Gasteiger partial charge in [-0.25, -0.2) is 13.1 Å². The lowest BCUT2D eigenvalue weighted by Crippen LogP contribution is -2.43. The van der Waals surface area contributed by atoms with E-state index in [0.717, 1.165) is 11.1 Å². The van der Waals surface area contributed by atoms with E-state index in [1.54, 1.807) is 36.4 Å². The smallest absolute Gasteiger partial charge is 0.312 e. The number of benzene rings is 2. The minimum atomic E-state index is -3.95. The Bertz CT molecular complexity index is 936. The first-order valence-electron chi connectivity index (χ1n) is 8.55. The first-order chi connectivity index (χ1) is 13.2.